The lowest BCUT2D eigenvalue weighted by molar-refractivity contribution is -0.149. The van der Waals surface area contributed by atoms with Crippen LogP contribution in [0.3, 0.4) is 0 Å². The Kier molecular flexibility index (Phi) is 4.80. The summed E-state index contributed by atoms with van der Waals surface area (Å²) in [5.41, 5.74) is -1.12. The van der Waals surface area contributed by atoms with Crippen molar-refractivity contribution in [1.82, 2.24) is 5.32 Å². The minimum atomic E-state index is -1.12. The van der Waals surface area contributed by atoms with E-state index in [0.717, 1.165) is 19.3 Å². The first-order chi connectivity index (χ1) is 9.15. The maximum Gasteiger partial charge on any atom is 0.319 e. The summed E-state index contributed by atoms with van der Waals surface area (Å²) >= 11 is 0. The molecule has 0 aromatic heterocycles. The first-order valence-corrected chi connectivity index (χ1v) is 7.28. The van der Waals surface area contributed by atoms with Crippen molar-refractivity contribution in [2.45, 2.75) is 57.5 Å². The molecule has 0 unspecified atom stereocenters. The van der Waals surface area contributed by atoms with Crippen molar-refractivity contribution in [3.05, 3.63) is 0 Å². The van der Waals surface area contributed by atoms with E-state index < -0.39 is 11.4 Å². The molecular weight excluding hydrogens is 246 g/mol. The van der Waals surface area contributed by atoms with Gasteiger partial charge in [0.15, 0.2) is 0 Å². The van der Waals surface area contributed by atoms with Crippen LogP contribution in [0, 0.1) is 5.41 Å². The van der Waals surface area contributed by atoms with Crippen LogP contribution in [-0.2, 0) is 14.3 Å². The molecular formula is C14H23NO4. The van der Waals surface area contributed by atoms with Crippen LogP contribution < -0.4 is 5.32 Å². The van der Waals surface area contributed by atoms with Gasteiger partial charge in [0.2, 0.25) is 5.91 Å². The Morgan fingerprint density at radius 3 is 2.47 bits per heavy atom. The van der Waals surface area contributed by atoms with Gasteiger partial charge in [0.05, 0.1) is 6.10 Å². The van der Waals surface area contributed by atoms with Gasteiger partial charge in [-0.25, -0.2) is 0 Å². The number of carbonyl (C=O) groups is 2. The van der Waals surface area contributed by atoms with Crippen LogP contribution in [0.15, 0.2) is 0 Å². The molecule has 0 bridgehead atoms. The molecule has 0 aromatic rings. The van der Waals surface area contributed by atoms with Gasteiger partial charge in [0.1, 0.15) is 5.41 Å². The summed E-state index contributed by atoms with van der Waals surface area (Å²) in [5, 5.41) is 11.7. The van der Waals surface area contributed by atoms with Crippen molar-refractivity contribution in [2.75, 3.05) is 13.2 Å². The zero-order chi connectivity index (χ0) is 13.7. The van der Waals surface area contributed by atoms with Gasteiger partial charge < -0.3 is 15.2 Å². The molecule has 0 radical (unpaired) electrons. The van der Waals surface area contributed by atoms with Gasteiger partial charge in [0, 0.05) is 13.2 Å². The third kappa shape index (κ3) is 3.69. The highest BCUT2D eigenvalue weighted by Gasteiger charge is 2.56. The number of ether oxygens (including phenoxy) is 1. The molecule has 2 saturated carbocycles. The third-order valence-corrected chi connectivity index (χ3v) is 4.11. The fourth-order valence-corrected chi connectivity index (χ4v) is 2.59. The fraction of sp³-hybridized carbons (Fsp3) is 0.857. The average molecular weight is 269 g/mol. The summed E-state index contributed by atoms with van der Waals surface area (Å²) in [7, 11) is 0. The van der Waals surface area contributed by atoms with Gasteiger partial charge in [-0.2, -0.15) is 0 Å². The van der Waals surface area contributed by atoms with E-state index in [9.17, 15) is 9.59 Å². The zero-order valence-corrected chi connectivity index (χ0v) is 11.3. The minimum Gasteiger partial charge on any atom is -0.480 e. The molecule has 0 atom stereocenters. The van der Waals surface area contributed by atoms with E-state index >= 15 is 0 Å². The number of carboxylic acids is 1. The Morgan fingerprint density at radius 1 is 1.21 bits per heavy atom. The van der Waals surface area contributed by atoms with Crippen LogP contribution in [0.5, 0.6) is 0 Å². The number of carbonyl (C=O) groups excluding carboxylic acids is 1. The van der Waals surface area contributed by atoms with Crippen LogP contribution in [-0.4, -0.2) is 36.2 Å². The molecule has 2 aliphatic rings. The topological polar surface area (TPSA) is 75.6 Å². The molecule has 2 rings (SSSR count). The van der Waals surface area contributed by atoms with Crippen LogP contribution in [0.1, 0.15) is 51.4 Å². The average Bonchev–Trinajstić information content (AvgIpc) is 3.21. The Bertz CT molecular complexity index is 332. The highest BCUT2D eigenvalue weighted by atomic mass is 16.5. The summed E-state index contributed by atoms with van der Waals surface area (Å²) in [4.78, 5) is 22.6. The van der Waals surface area contributed by atoms with Gasteiger partial charge in [-0.05, 0) is 32.1 Å². The molecule has 0 saturated heterocycles. The Hall–Kier alpha value is -1.10. The largest absolute Gasteiger partial charge is 0.480 e. The lowest BCUT2D eigenvalue weighted by Gasteiger charge is -2.22. The fourth-order valence-electron chi connectivity index (χ4n) is 2.59. The van der Waals surface area contributed by atoms with Crippen molar-refractivity contribution in [3.8, 4) is 0 Å². The second kappa shape index (κ2) is 6.37. The maximum atomic E-state index is 11.7. The number of hydrogen-bond acceptors (Lipinski definition) is 3. The van der Waals surface area contributed by atoms with Gasteiger partial charge in [0.25, 0.3) is 0 Å². The monoisotopic (exact) mass is 269 g/mol. The second-order valence-corrected chi connectivity index (χ2v) is 5.63. The summed E-state index contributed by atoms with van der Waals surface area (Å²) in [5.74, 6) is -1.33. The molecule has 2 fully saturated rings. The molecule has 2 aliphatic carbocycles. The van der Waals surface area contributed by atoms with Crippen molar-refractivity contribution in [3.63, 3.8) is 0 Å². The highest BCUT2D eigenvalue weighted by molar-refractivity contribution is 6.04. The molecule has 0 spiro atoms. The molecule has 0 heterocycles. The normalized spacial score (nSPS) is 21.9. The van der Waals surface area contributed by atoms with Crippen LogP contribution >= 0.6 is 0 Å². The van der Waals surface area contributed by atoms with Gasteiger partial charge in [-0.15, -0.1) is 0 Å². The van der Waals surface area contributed by atoms with E-state index in [2.05, 4.69) is 5.32 Å². The van der Waals surface area contributed by atoms with E-state index in [1.54, 1.807) is 0 Å². The minimum absolute atomic E-state index is 0.335. The van der Waals surface area contributed by atoms with Crippen LogP contribution in [0.2, 0.25) is 0 Å². The smallest absolute Gasteiger partial charge is 0.319 e. The SMILES string of the molecule is O=C(O)C1(C(=O)NCCCOC2CCCCC2)CC1. The number of carboxylic acid groups (broad SMARTS) is 1. The summed E-state index contributed by atoms with van der Waals surface area (Å²) in [6.45, 7) is 1.14. The first-order valence-electron chi connectivity index (χ1n) is 7.28. The van der Waals surface area contributed by atoms with E-state index in [1.807, 2.05) is 0 Å². The molecule has 0 aromatic carbocycles. The predicted octanol–water partition coefficient (Wildman–Crippen LogP) is 1.71. The van der Waals surface area contributed by atoms with Crippen molar-refractivity contribution < 1.29 is 19.4 Å². The molecule has 0 aliphatic heterocycles. The van der Waals surface area contributed by atoms with E-state index in [4.69, 9.17) is 9.84 Å². The maximum absolute atomic E-state index is 11.7. The number of nitrogens with one attached hydrogen (secondary N) is 1. The number of rotatable bonds is 7. The molecule has 5 heteroatoms. The standard InChI is InChI=1S/C14H23NO4/c16-12(14(7-8-14)13(17)18)15-9-4-10-19-11-5-2-1-3-6-11/h11H,1-10H2,(H,15,16)(H,17,18). The van der Waals surface area contributed by atoms with E-state index in [1.165, 1.54) is 19.3 Å². The molecule has 1 amide bonds. The van der Waals surface area contributed by atoms with Crippen molar-refractivity contribution >= 4 is 11.9 Å². The number of aliphatic carboxylic acids is 1. The number of hydrogen-bond donors (Lipinski definition) is 2. The quantitative estimate of drug-likeness (QED) is 0.545. The summed E-state index contributed by atoms with van der Waals surface area (Å²) < 4.78 is 5.75. The van der Waals surface area contributed by atoms with Gasteiger partial charge in [-0.3, -0.25) is 9.59 Å². The Morgan fingerprint density at radius 2 is 1.89 bits per heavy atom. The van der Waals surface area contributed by atoms with Crippen LogP contribution in [0.4, 0.5) is 0 Å². The summed E-state index contributed by atoms with van der Waals surface area (Å²) in [6.07, 6.45) is 8.18. The second-order valence-electron chi connectivity index (χ2n) is 5.63. The molecule has 5 nitrogen and oxygen atoms in total. The Labute approximate surface area is 113 Å². The van der Waals surface area contributed by atoms with Gasteiger partial charge in [-0.1, -0.05) is 19.3 Å². The summed E-state index contributed by atoms with van der Waals surface area (Å²) in [6, 6.07) is 0. The van der Waals surface area contributed by atoms with Gasteiger partial charge >= 0.3 is 5.97 Å². The van der Waals surface area contributed by atoms with E-state index in [0.29, 0.717) is 32.1 Å². The predicted molar refractivity (Wildman–Crippen MR) is 69.8 cm³/mol. The van der Waals surface area contributed by atoms with Crippen LogP contribution in [0.25, 0.3) is 0 Å². The lowest BCUT2D eigenvalue weighted by Crippen LogP contribution is -2.37. The third-order valence-electron chi connectivity index (χ3n) is 4.11. The first kappa shape index (κ1) is 14.3. The van der Waals surface area contributed by atoms with E-state index in [-0.39, 0.29) is 5.91 Å². The highest BCUT2D eigenvalue weighted by Crippen LogP contribution is 2.45. The molecule has 108 valence electrons. The van der Waals surface area contributed by atoms with Crippen molar-refractivity contribution in [2.24, 2.45) is 5.41 Å². The molecule has 2 N–H and O–H groups in total. The number of amides is 1. The molecule has 19 heavy (non-hydrogen) atoms. The zero-order valence-electron chi connectivity index (χ0n) is 11.3. The Balaban J connectivity index is 1.54. The lowest BCUT2D eigenvalue weighted by atomic mass is 9.98. The van der Waals surface area contributed by atoms with Crippen molar-refractivity contribution in [1.29, 1.82) is 0 Å².